The van der Waals surface area contributed by atoms with Crippen molar-refractivity contribution in [2.75, 3.05) is 13.6 Å². The van der Waals surface area contributed by atoms with Crippen LogP contribution in [0.3, 0.4) is 0 Å². The van der Waals surface area contributed by atoms with Gasteiger partial charge in [-0.15, -0.1) is 0 Å². The lowest BCUT2D eigenvalue weighted by molar-refractivity contribution is 0.866. The predicted octanol–water partition coefficient (Wildman–Crippen LogP) is 2.38. The average Bonchev–Trinajstić information content (AvgIpc) is 2.19. The van der Waals surface area contributed by atoms with Crippen LogP contribution in [0.25, 0.3) is 0 Å². The summed E-state index contributed by atoms with van der Waals surface area (Å²) in [5, 5.41) is 2.99. The number of benzene rings is 1. The first-order valence-corrected chi connectivity index (χ1v) is 4.97. The van der Waals surface area contributed by atoms with Gasteiger partial charge in [0.1, 0.15) is 0 Å². The second-order valence-corrected chi connectivity index (χ2v) is 3.61. The molecule has 0 fully saturated rings. The SMILES string of the molecule is CNCC#Cc1ccc(C(C)C)cc1. The van der Waals surface area contributed by atoms with E-state index in [1.54, 1.807) is 0 Å². The molecule has 1 rings (SSSR count). The molecule has 0 amide bonds. The van der Waals surface area contributed by atoms with Gasteiger partial charge < -0.3 is 5.32 Å². The zero-order chi connectivity index (χ0) is 10.4. The molecule has 0 radical (unpaired) electrons. The Balaban J connectivity index is 2.70. The summed E-state index contributed by atoms with van der Waals surface area (Å²) in [5.74, 6) is 6.73. The summed E-state index contributed by atoms with van der Waals surface area (Å²) >= 11 is 0. The fraction of sp³-hybridized carbons (Fsp3) is 0.385. The van der Waals surface area contributed by atoms with Crippen LogP contribution >= 0.6 is 0 Å². The Bertz CT molecular complexity index is 324. The molecule has 1 aromatic rings. The largest absolute Gasteiger partial charge is 0.309 e. The third kappa shape index (κ3) is 3.24. The summed E-state index contributed by atoms with van der Waals surface area (Å²) < 4.78 is 0. The topological polar surface area (TPSA) is 12.0 Å². The molecule has 0 spiro atoms. The van der Waals surface area contributed by atoms with Crippen LogP contribution < -0.4 is 5.32 Å². The second kappa shape index (κ2) is 5.47. The van der Waals surface area contributed by atoms with E-state index in [0.29, 0.717) is 5.92 Å². The summed E-state index contributed by atoms with van der Waals surface area (Å²) in [4.78, 5) is 0. The van der Waals surface area contributed by atoms with Gasteiger partial charge in [0.2, 0.25) is 0 Å². The maximum atomic E-state index is 3.10. The molecule has 0 saturated heterocycles. The number of nitrogens with one attached hydrogen (secondary N) is 1. The van der Waals surface area contributed by atoms with Crippen molar-refractivity contribution in [3.05, 3.63) is 35.4 Å². The number of hydrogen-bond donors (Lipinski definition) is 1. The van der Waals surface area contributed by atoms with E-state index in [9.17, 15) is 0 Å². The van der Waals surface area contributed by atoms with Crippen molar-refractivity contribution in [1.82, 2.24) is 5.32 Å². The lowest BCUT2D eigenvalue weighted by Crippen LogP contribution is -2.04. The Kier molecular flexibility index (Phi) is 4.22. The Morgan fingerprint density at radius 3 is 2.36 bits per heavy atom. The van der Waals surface area contributed by atoms with Gasteiger partial charge in [0.15, 0.2) is 0 Å². The summed E-state index contributed by atoms with van der Waals surface area (Å²) in [6, 6.07) is 8.46. The van der Waals surface area contributed by atoms with Gasteiger partial charge in [-0.2, -0.15) is 0 Å². The van der Waals surface area contributed by atoms with Gasteiger partial charge in [-0.25, -0.2) is 0 Å². The van der Waals surface area contributed by atoms with Crippen LogP contribution in [-0.4, -0.2) is 13.6 Å². The van der Waals surface area contributed by atoms with Crippen molar-refractivity contribution in [3.8, 4) is 11.8 Å². The highest BCUT2D eigenvalue weighted by Gasteiger charge is 1.96. The molecule has 1 nitrogen and oxygen atoms in total. The van der Waals surface area contributed by atoms with Crippen LogP contribution in [0.2, 0.25) is 0 Å². The Morgan fingerprint density at radius 2 is 1.86 bits per heavy atom. The van der Waals surface area contributed by atoms with E-state index in [0.717, 1.165) is 12.1 Å². The van der Waals surface area contributed by atoms with Crippen molar-refractivity contribution in [3.63, 3.8) is 0 Å². The molecule has 0 heterocycles. The molecular weight excluding hydrogens is 170 g/mol. The van der Waals surface area contributed by atoms with Crippen molar-refractivity contribution in [2.45, 2.75) is 19.8 Å². The van der Waals surface area contributed by atoms with Gasteiger partial charge in [-0.3, -0.25) is 0 Å². The maximum absolute atomic E-state index is 3.10. The van der Waals surface area contributed by atoms with Crippen LogP contribution in [-0.2, 0) is 0 Å². The molecule has 1 aromatic carbocycles. The fourth-order valence-electron chi connectivity index (χ4n) is 1.19. The highest BCUT2D eigenvalue weighted by Crippen LogP contribution is 2.13. The molecule has 74 valence electrons. The van der Waals surface area contributed by atoms with E-state index < -0.39 is 0 Å². The van der Waals surface area contributed by atoms with Gasteiger partial charge in [-0.1, -0.05) is 37.8 Å². The van der Waals surface area contributed by atoms with E-state index >= 15 is 0 Å². The monoisotopic (exact) mass is 187 g/mol. The van der Waals surface area contributed by atoms with Crippen LogP contribution in [0.4, 0.5) is 0 Å². The quantitative estimate of drug-likeness (QED) is 0.701. The molecule has 0 unspecified atom stereocenters. The lowest BCUT2D eigenvalue weighted by atomic mass is 10.0. The molecule has 1 heteroatoms. The molecule has 14 heavy (non-hydrogen) atoms. The Labute approximate surface area is 86.5 Å². The summed E-state index contributed by atoms with van der Waals surface area (Å²) in [5.41, 5.74) is 2.45. The molecule has 1 N–H and O–H groups in total. The summed E-state index contributed by atoms with van der Waals surface area (Å²) in [6.07, 6.45) is 0. The highest BCUT2D eigenvalue weighted by molar-refractivity contribution is 5.37. The summed E-state index contributed by atoms with van der Waals surface area (Å²) in [6.45, 7) is 5.13. The van der Waals surface area contributed by atoms with Crippen LogP contribution in [0, 0.1) is 11.8 Å². The lowest BCUT2D eigenvalue weighted by Gasteiger charge is -2.03. The minimum atomic E-state index is 0.592. The van der Waals surface area contributed by atoms with Crippen molar-refractivity contribution < 1.29 is 0 Å². The Hall–Kier alpha value is -1.26. The van der Waals surface area contributed by atoms with E-state index in [1.807, 2.05) is 7.05 Å². The first kappa shape index (κ1) is 10.8. The smallest absolute Gasteiger partial charge is 0.0577 e. The third-order valence-electron chi connectivity index (χ3n) is 2.08. The zero-order valence-corrected chi connectivity index (χ0v) is 9.09. The highest BCUT2D eigenvalue weighted by atomic mass is 14.8. The second-order valence-electron chi connectivity index (χ2n) is 3.61. The molecule has 0 aliphatic carbocycles. The molecular formula is C13H17N. The van der Waals surface area contributed by atoms with Crippen LogP contribution in [0.5, 0.6) is 0 Å². The zero-order valence-electron chi connectivity index (χ0n) is 9.09. The van der Waals surface area contributed by atoms with Gasteiger partial charge in [0, 0.05) is 5.56 Å². The molecule has 0 aromatic heterocycles. The molecule has 0 bridgehead atoms. The van der Waals surface area contributed by atoms with Crippen molar-refractivity contribution >= 4 is 0 Å². The number of hydrogen-bond acceptors (Lipinski definition) is 1. The minimum absolute atomic E-state index is 0.592. The normalized spacial score (nSPS) is 9.71. The maximum Gasteiger partial charge on any atom is 0.0577 e. The molecule has 0 atom stereocenters. The van der Waals surface area contributed by atoms with Crippen molar-refractivity contribution in [2.24, 2.45) is 0 Å². The minimum Gasteiger partial charge on any atom is -0.309 e. The predicted molar refractivity (Wildman–Crippen MR) is 61.3 cm³/mol. The third-order valence-corrected chi connectivity index (χ3v) is 2.08. The van der Waals surface area contributed by atoms with Gasteiger partial charge in [0.05, 0.1) is 6.54 Å². The first-order chi connectivity index (χ1) is 6.74. The molecule has 0 aliphatic heterocycles. The summed E-state index contributed by atoms with van der Waals surface area (Å²) in [7, 11) is 1.90. The van der Waals surface area contributed by atoms with Gasteiger partial charge in [0.25, 0.3) is 0 Å². The average molecular weight is 187 g/mol. The van der Waals surface area contributed by atoms with E-state index in [2.05, 4.69) is 55.3 Å². The first-order valence-electron chi connectivity index (χ1n) is 4.97. The molecule has 0 saturated carbocycles. The number of rotatable bonds is 2. The van der Waals surface area contributed by atoms with Gasteiger partial charge >= 0.3 is 0 Å². The van der Waals surface area contributed by atoms with Crippen molar-refractivity contribution in [1.29, 1.82) is 0 Å². The van der Waals surface area contributed by atoms with E-state index in [-0.39, 0.29) is 0 Å². The van der Waals surface area contributed by atoms with Gasteiger partial charge in [-0.05, 0) is 30.7 Å². The van der Waals surface area contributed by atoms with E-state index in [1.165, 1.54) is 5.56 Å². The van der Waals surface area contributed by atoms with Crippen LogP contribution in [0.1, 0.15) is 30.9 Å². The molecule has 0 aliphatic rings. The van der Waals surface area contributed by atoms with E-state index in [4.69, 9.17) is 0 Å². The Morgan fingerprint density at radius 1 is 1.21 bits per heavy atom. The van der Waals surface area contributed by atoms with Crippen LogP contribution in [0.15, 0.2) is 24.3 Å². The fourth-order valence-corrected chi connectivity index (χ4v) is 1.19. The standard InChI is InChI=1S/C13H17N/c1-11(2)13-8-6-12(7-9-13)5-4-10-14-3/h6-9,11,14H,10H2,1-3H3.